The molecule has 1 aliphatic rings. The van der Waals surface area contributed by atoms with Gasteiger partial charge in [-0.15, -0.1) is 0 Å². The van der Waals surface area contributed by atoms with Gasteiger partial charge in [0.2, 0.25) is 0 Å². The highest BCUT2D eigenvalue weighted by Crippen LogP contribution is 2.20. The van der Waals surface area contributed by atoms with Crippen molar-refractivity contribution >= 4 is 23.1 Å². The van der Waals surface area contributed by atoms with Gasteiger partial charge in [0, 0.05) is 60.4 Å². The lowest BCUT2D eigenvalue weighted by molar-refractivity contribution is 0.0595. The molecule has 0 radical (unpaired) electrons. The van der Waals surface area contributed by atoms with E-state index in [0.717, 1.165) is 43.4 Å². The molecule has 0 spiro atoms. The van der Waals surface area contributed by atoms with Crippen molar-refractivity contribution < 1.29 is 9.59 Å². The Balaban J connectivity index is 1.77. The lowest BCUT2D eigenvalue weighted by atomic mass is 10.1. The standard InChI is InChI=1S/C17H21N3O2/c1-12(2)19-5-7-20(8-6-19)17(22)13-3-4-15-14(11-21)10-18-16(15)9-13/h3-4,9-12,18H,5-8H2,1-2H3. The maximum Gasteiger partial charge on any atom is 0.254 e. The van der Waals surface area contributed by atoms with Crippen LogP contribution < -0.4 is 0 Å². The van der Waals surface area contributed by atoms with Gasteiger partial charge in [0.1, 0.15) is 0 Å². The van der Waals surface area contributed by atoms with E-state index in [1.165, 1.54) is 0 Å². The van der Waals surface area contributed by atoms with Crippen molar-refractivity contribution in [1.29, 1.82) is 0 Å². The zero-order chi connectivity index (χ0) is 15.7. The van der Waals surface area contributed by atoms with E-state index in [2.05, 4.69) is 23.7 Å². The van der Waals surface area contributed by atoms with E-state index in [0.29, 0.717) is 17.2 Å². The summed E-state index contributed by atoms with van der Waals surface area (Å²) < 4.78 is 0. The molecule has 0 saturated carbocycles. The third-order valence-corrected chi connectivity index (χ3v) is 4.42. The molecule has 0 bridgehead atoms. The molecule has 1 aliphatic heterocycles. The van der Waals surface area contributed by atoms with Crippen LogP contribution in [0.4, 0.5) is 0 Å². The van der Waals surface area contributed by atoms with Crippen LogP contribution in [0.15, 0.2) is 24.4 Å². The van der Waals surface area contributed by atoms with Gasteiger partial charge in [-0.05, 0) is 26.0 Å². The number of hydrogen-bond donors (Lipinski definition) is 1. The zero-order valence-electron chi connectivity index (χ0n) is 13.0. The molecule has 1 aromatic heterocycles. The first-order chi connectivity index (χ1) is 10.6. The largest absolute Gasteiger partial charge is 0.360 e. The summed E-state index contributed by atoms with van der Waals surface area (Å²) in [6.45, 7) is 7.73. The van der Waals surface area contributed by atoms with Crippen molar-refractivity contribution in [3.05, 3.63) is 35.5 Å². The molecular weight excluding hydrogens is 278 g/mol. The van der Waals surface area contributed by atoms with Crippen LogP contribution in [0.1, 0.15) is 34.6 Å². The number of hydrogen-bond acceptors (Lipinski definition) is 3. The predicted molar refractivity (Wildman–Crippen MR) is 86.3 cm³/mol. The van der Waals surface area contributed by atoms with E-state index in [4.69, 9.17) is 0 Å². The third kappa shape index (κ3) is 2.64. The van der Waals surface area contributed by atoms with Crippen LogP contribution >= 0.6 is 0 Å². The lowest BCUT2D eigenvalue weighted by Crippen LogP contribution is -2.50. The molecule has 3 rings (SSSR count). The van der Waals surface area contributed by atoms with Gasteiger partial charge in [-0.3, -0.25) is 14.5 Å². The van der Waals surface area contributed by atoms with Crippen molar-refractivity contribution in [2.45, 2.75) is 19.9 Å². The summed E-state index contributed by atoms with van der Waals surface area (Å²) in [6, 6.07) is 6.00. The van der Waals surface area contributed by atoms with Gasteiger partial charge in [-0.1, -0.05) is 6.07 Å². The number of aromatic amines is 1. The van der Waals surface area contributed by atoms with Crippen LogP contribution in [0.3, 0.4) is 0 Å². The first-order valence-corrected chi connectivity index (χ1v) is 7.70. The van der Waals surface area contributed by atoms with E-state index in [9.17, 15) is 9.59 Å². The van der Waals surface area contributed by atoms with E-state index in [1.54, 1.807) is 12.3 Å². The first-order valence-electron chi connectivity index (χ1n) is 7.70. The minimum absolute atomic E-state index is 0.0626. The average molecular weight is 299 g/mol. The van der Waals surface area contributed by atoms with Gasteiger partial charge in [0.25, 0.3) is 5.91 Å². The molecule has 1 aromatic carbocycles. The van der Waals surface area contributed by atoms with Gasteiger partial charge in [-0.2, -0.15) is 0 Å². The van der Waals surface area contributed by atoms with Gasteiger partial charge in [0.15, 0.2) is 6.29 Å². The van der Waals surface area contributed by atoms with E-state index in [-0.39, 0.29) is 5.91 Å². The number of rotatable bonds is 3. The maximum atomic E-state index is 12.6. The molecule has 1 N–H and O–H groups in total. The molecule has 0 unspecified atom stereocenters. The summed E-state index contributed by atoms with van der Waals surface area (Å²) >= 11 is 0. The highest BCUT2D eigenvalue weighted by molar-refractivity contribution is 6.02. The topological polar surface area (TPSA) is 56.4 Å². The summed E-state index contributed by atoms with van der Waals surface area (Å²) in [5.74, 6) is 0.0626. The normalized spacial score (nSPS) is 16.4. The molecule has 1 fully saturated rings. The Morgan fingerprint density at radius 1 is 1.23 bits per heavy atom. The maximum absolute atomic E-state index is 12.6. The van der Waals surface area contributed by atoms with Crippen molar-refractivity contribution in [2.75, 3.05) is 26.2 Å². The molecule has 116 valence electrons. The Labute approximate surface area is 129 Å². The van der Waals surface area contributed by atoms with E-state index < -0.39 is 0 Å². The minimum atomic E-state index is 0.0626. The molecule has 5 heteroatoms. The summed E-state index contributed by atoms with van der Waals surface area (Å²) in [4.78, 5) is 30.9. The fourth-order valence-corrected chi connectivity index (χ4v) is 3.00. The smallest absolute Gasteiger partial charge is 0.254 e. The van der Waals surface area contributed by atoms with Gasteiger partial charge >= 0.3 is 0 Å². The highest BCUT2D eigenvalue weighted by atomic mass is 16.2. The number of H-pyrrole nitrogens is 1. The Morgan fingerprint density at radius 2 is 1.95 bits per heavy atom. The third-order valence-electron chi connectivity index (χ3n) is 4.42. The average Bonchev–Trinajstić information content (AvgIpc) is 2.96. The Morgan fingerprint density at radius 3 is 2.59 bits per heavy atom. The number of fused-ring (bicyclic) bond motifs is 1. The number of aldehydes is 1. The first kappa shape index (κ1) is 14.8. The fourth-order valence-electron chi connectivity index (χ4n) is 3.00. The SMILES string of the molecule is CC(C)N1CCN(C(=O)c2ccc3c(C=O)c[nH]c3c2)CC1. The van der Waals surface area contributed by atoms with Crippen molar-refractivity contribution in [1.82, 2.24) is 14.8 Å². The summed E-state index contributed by atoms with van der Waals surface area (Å²) in [6.07, 6.45) is 2.50. The lowest BCUT2D eigenvalue weighted by Gasteiger charge is -2.37. The quantitative estimate of drug-likeness (QED) is 0.884. The second kappa shape index (κ2) is 5.93. The Bertz CT molecular complexity index is 697. The van der Waals surface area contributed by atoms with Crippen molar-refractivity contribution in [2.24, 2.45) is 0 Å². The van der Waals surface area contributed by atoms with Gasteiger partial charge in [-0.25, -0.2) is 0 Å². The summed E-state index contributed by atoms with van der Waals surface area (Å²) in [5, 5.41) is 0.858. The van der Waals surface area contributed by atoms with Crippen LogP contribution in [0.2, 0.25) is 0 Å². The predicted octanol–water partition coefficient (Wildman–Crippen LogP) is 2.15. The number of piperazine rings is 1. The molecule has 5 nitrogen and oxygen atoms in total. The highest BCUT2D eigenvalue weighted by Gasteiger charge is 2.23. The van der Waals surface area contributed by atoms with Crippen LogP contribution in [-0.4, -0.2) is 59.2 Å². The van der Waals surface area contributed by atoms with Crippen LogP contribution in [0.25, 0.3) is 10.9 Å². The van der Waals surface area contributed by atoms with Crippen LogP contribution in [-0.2, 0) is 0 Å². The fraction of sp³-hybridized carbons (Fsp3) is 0.412. The molecule has 2 aromatic rings. The van der Waals surface area contributed by atoms with Gasteiger partial charge in [0.05, 0.1) is 0 Å². The second-order valence-corrected chi connectivity index (χ2v) is 6.04. The van der Waals surface area contributed by atoms with Crippen molar-refractivity contribution in [3.63, 3.8) is 0 Å². The van der Waals surface area contributed by atoms with E-state index >= 15 is 0 Å². The van der Waals surface area contributed by atoms with Gasteiger partial charge < -0.3 is 9.88 Å². The molecule has 2 heterocycles. The Kier molecular flexibility index (Phi) is 3.98. The van der Waals surface area contributed by atoms with E-state index in [1.807, 2.05) is 17.0 Å². The molecule has 22 heavy (non-hydrogen) atoms. The number of nitrogens with zero attached hydrogens (tertiary/aromatic N) is 2. The molecule has 0 atom stereocenters. The summed E-state index contributed by atoms with van der Waals surface area (Å²) in [7, 11) is 0. The summed E-state index contributed by atoms with van der Waals surface area (Å²) in [5.41, 5.74) is 2.12. The Hall–Kier alpha value is -2.14. The number of amides is 1. The van der Waals surface area contributed by atoms with Crippen LogP contribution in [0, 0.1) is 0 Å². The zero-order valence-corrected chi connectivity index (χ0v) is 13.0. The minimum Gasteiger partial charge on any atom is -0.360 e. The molecule has 0 aliphatic carbocycles. The van der Waals surface area contributed by atoms with Crippen molar-refractivity contribution in [3.8, 4) is 0 Å². The number of benzene rings is 1. The molecular formula is C17H21N3O2. The monoisotopic (exact) mass is 299 g/mol. The second-order valence-electron chi connectivity index (χ2n) is 6.04. The number of nitrogens with one attached hydrogen (secondary N) is 1. The number of carbonyl (C=O) groups excluding carboxylic acids is 2. The number of carbonyl (C=O) groups is 2. The molecule has 1 amide bonds. The number of aromatic nitrogens is 1. The molecule has 1 saturated heterocycles. The van der Waals surface area contributed by atoms with Crippen LogP contribution in [0.5, 0.6) is 0 Å².